The van der Waals surface area contributed by atoms with E-state index in [-0.39, 0.29) is 29.3 Å². The van der Waals surface area contributed by atoms with Gasteiger partial charge < -0.3 is 14.6 Å². The normalized spacial score (nSPS) is 10.5. The van der Waals surface area contributed by atoms with Crippen LogP contribution >= 0.6 is 23.4 Å². The van der Waals surface area contributed by atoms with Gasteiger partial charge in [0.25, 0.3) is 5.69 Å². The van der Waals surface area contributed by atoms with Crippen molar-refractivity contribution in [3.05, 3.63) is 91.8 Å². The van der Waals surface area contributed by atoms with Gasteiger partial charge in [0.05, 0.1) is 18.2 Å². The molecule has 0 aliphatic heterocycles. The minimum absolute atomic E-state index is 0.0651. The van der Waals surface area contributed by atoms with Crippen molar-refractivity contribution in [2.24, 2.45) is 0 Å². The van der Waals surface area contributed by atoms with Gasteiger partial charge in [0, 0.05) is 45.3 Å². The quantitative estimate of drug-likeness (QED) is 0.305. The Bertz CT molecular complexity index is 1150. The van der Waals surface area contributed by atoms with Crippen molar-refractivity contribution >= 4 is 40.6 Å². The molecule has 0 saturated heterocycles. The van der Waals surface area contributed by atoms with Crippen LogP contribution in [0.25, 0.3) is 0 Å². The van der Waals surface area contributed by atoms with E-state index in [2.05, 4.69) is 5.32 Å². The third kappa shape index (κ3) is 6.09. The number of benzene rings is 2. The maximum absolute atomic E-state index is 12.5. The molecule has 0 aliphatic carbocycles. The Morgan fingerprint density at radius 1 is 1.19 bits per heavy atom. The molecule has 31 heavy (non-hydrogen) atoms. The van der Waals surface area contributed by atoms with Crippen LogP contribution in [-0.2, 0) is 17.1 Å². The first-order chi connectivity index (χ1) is 14.9. The van der Waals surface area contributed by atoms with E-state index in [9.17, 15) is 19.7 Å². The number of thioether (sulfide) groups is 1. The molecule has 160 valence electrons. The molecule has 0 atom stereocenters. The topological polar surface area (TPSA) is 103 Å². The molecule has 8 nitrogen and oxygen atoms in total. The summed E-state index contributed by atoms with van der Waals surface area (Å²) in [6.07, 6.45) is 1.50. The summed E-state index contributed by atoms with van der Waals surface area (Å²) in [6.45, 7) is -0.0653. The molecule has 10 heteroatoms. The number of halogens is 1. The molecular formula is C21H18ClN3O5S. The minimum Gasteiger partial charge on any atom is -0.491 e. The van der Waals surface area contributed by atoms with Crippen molar-refractivity contribution in [1.29, 1.82) is 0 Å². The van der Waals surface area contributed by atoms with Crippen LogP contribution in [0.5, 0.6) is 5.75 Å². The zero-order valence-corrected chi connectivity index (χ0v) is 18.0. The summed E-state index contributed by atoms with van der Waals surface area (Å²) in [5.74, 6) is 0.228. The number of nitro groups is 1. The van der Waals surface area contributed by atoms with Crippen molar-refractivity contribution in [2.45, 2.75) is 17.2 Å². The molecule has 0 radical (unpaired) electrons. The van der Waals surface area contributed by atoms with E-state index < -0.39 is 4.92 Å². The second-order valence-corrected chi connectivity index (χ2v) is 7.91. The number of anilines is 1. The van der Waals surface area contributed by atoms with E-state index in [1.807, 2.05) is 12.1 Å². The van der Waals surface area contributed by atoms with E-state index in [0.29, 0.717) is 22.2 Å². The number of methoxy groups -OCH3 is 1. The van der Waals surface area contributed by atoms with Gasteiger partial charge >= 0.3 is 0 Å². The fourth-order valence-corrected chi connectivity index (χ4v) is 3.75. The lowest BCUT2D eigenvalue weighted by atomic mass is 10.3. The molecule has 3 rings (SSSR count). The average Bonchev–Trinajstić information content (AvgIpc) is 2.75. The van der Waals surface area contributed by atoms with Crippen molar-refractivity contribution in [3.63, 3.8) is 0 Å². The van der Waals surface area contributed by atoms with Gasteiger partial charge in [-0.15, -0.1) is 11.8 Å². The third-order valence-electron chi connectivity index (χ3n) is 4.28. The molecule has 0 saturated carbocycles. The van der Waals surface area contributed by atoms with Gasteiger partial charge in [0.15, 0.2) is 5.75 Å². The fraction of sp³-hybridized carbons (Fsp3) is 0.143. The van der Waals surface area contributed by atoms with Crippen LogP contribution in [0.1, 0.15) is 5.69 Å². The lowest BCUT2D eigenvalue weighted by Gasteiger charge is -2.15. The number of ether oxygens (including phenoxy) is 1. The van der Waals surface area contributed by atoms with Crippen LogP contribution in [0.2, 0.25) is 5.02 Å². The van der Waals surface area contributed by atoms with E-state index >= 15 is 0 Å². The molecule has 1 aromatic heterocycles. The molecule has 1 N–H and O–H groups in total. The number of carbonyl (C=O) groups is 1. The zero-order valence-electron chi connectivity index (χ0n) is 16.4. The average molecular weight is 460 g/mol. The molecule has 0 spiro atoms. The summed E-state index contributed by atoms with van der Waals surface area (Å²) in [4.78, 5) is 36.0. The molecule has 0 bridgehead atoms. The van der Waals surface area contributed by atoms with Gasteiger partial charge in [-0.2, -0.15) is 0 Å². The summed E-state index contributed by atoms with van der Waals surface area (Å²) in [5.41, 5.74) is 0.733. The molecule has 2 aromatic carbocycles. The Balaban J connectivity index is 1.76. The van der Waals surface area contributed by atoms with Crippen molar-refractivity contribution in [2.75, 3.05) is 12.4 Å². The predicted octanol–water partition coefficient (Wildman–Crippen LogP) is 4.35. The molecule has 0 fully saturated rings. The van der Waals surface area contributed by atoms with Gasteiger partial charge in [0.2, 0.25) is 11.3 Å². The molecular weight excluding hydrogens is 442 g/mol. The van der Waals surface area contributed by atoms with Crippen LogP contribution < -0.4 is 15.5 Å². The van der Waals surface area contributed by atoms with Gasteiger partial charge in [-0.25, -0.2) is 0 Å². The highest BCUT2D eigenvalue weighted by molar-refractivity contribution is 7.98. The minimum atomic E-state index is -0.511. The SMILES string of the molecule is COc1cn(CC(=O)Nc2ccc([N+](=O)[O-])cc2)c(CSc2ccc(Cl)cc2)cc1=O. The summed E-state index contributed by atoms with van der Waals surface area (Å²) in [6, 6.07) is 14.3. The molecule has 1 heterocycles. The maximum Gasteiger partial charge on any atom is 0.269 e. The summed E-state index contributed by atoms with van der Waals surface area (Å²) in [7, 11) is 1.39. The van der Waals surface area contributed by atoms with Gasteiger partial charge in [-0.1, -0.05) is 11.6 Å². The largest absolute Gasteiger partial charge is 0.491 e. The smallest absolute Gasteiger partial charge is 0.269 e. The number of nitrogens with one attached hydrogen (secondary N) is 1. The lowest BCUT2D eigenvalue weighted by Crippen LogP contribution is -2.22. The van der Waals surface area contributed by atoms with Crippen LogP contribution in [0, 0.1) is 10.1 Å². The Kier molecular flexibility index (Phi) is 7.32. The number of hydrogen-bond acceptors (Lipinski definition) is 6. The van der Waals surface area contributed by atoms with Gasteiger partial charge in [-0.3, -0.25) is 19.7 Å². The Hall–Kier alpha value is -3.30. The third-order valence-corrected chi connectivity index (χ3v) is 5.58. The first-order valence-electron chi connectivity index (χ1n) is 9.06. The number of nitro benzene ring substituents is 1. The number of amides is 1. The van der Waals surface area contributed by atoms with E-state index in [1.54, 1.807) is 16.7 Å². The van der Waals surface area contributed by atoms with Crippen molar-refractivity contribution in [3.8, 4) is 5.75 Å². The van der Waals surface area contributed by atoms with Gasteiger partial charge in [-0.05, 0) is 36.4 Å². The summed E-state index contributed by atoms with van der Waals surface area (Å²) in [5, 5.41) is 14.1. The highest BCUT2D eigenvalue weighted by Gasteiger charge is 2.12. The van der Waals surface area contributed by atoms with E-state index in [1.165, 1.54) is 55.4 Å². The van der Waals surface area contributed by atoms with Crippen molar-refractivity contribution < 1.29 is 14.5 Å². The summed E-state index contributed by atoms with van der Waals surface area (Å²) < 4.78 is 6.74. The molecule has 3 aromatic rings. The van der Waals surface area contributed by atoms with Crippen LogP contribution in [-0.4, -0.2) is 22.5 Å². The second-order valence-electron chi connectivity index (χ2n) is 6.42. The second kappa shape index (κ2) is 10.1. The van der Waals surface area contributed by atoms with E-state index in [0.717, 1.165) is 4.90 Å². The number of aromatic nitrogens is 1. The number of rotatable bonds is 8. The highest BCUT2D eigenvalue weighted by Crippen LogP contribution is 2.24. The predicted molar refractivity (Wildman–Crippen MR) is 120 cm³/mol. The molecule has 0 aliphatic rings. The first kappa shape index (κ1) is 22.4. The monoisotopic (exact) mass is 459 g/mol. The molecule has 0 unspecified atom stereocenters. The zero-order chi connectivity index (χ0) is 22.4. The Labute approximate surface area is 187 Å². The van der Waals surface area contributed by atoms with Gasteiger partial charge in [0.1, 0.15) is 6.54 Å². The van der Waals surface area contributed by atoms with Crippen LogP contribution in [0.4, 0.5) is 11.4 Å². The lowest BCUT2D eigenvalue weighted by molar-refractivity contribution is -0.384. The van der Waals surface area contributed by atoms with Crippen molar-refractivity contribution in [1.82, 2.24) is 4.57 Å². The summed E-state index contributed by atoms with van der Waals surface area (Å²) >= 11 is 7.41. The van der Waals surface area contributed by atoms with Crippen LogP contribution in [0.3, 0.4) is 0 Å². The number of non-ortho nitro benzene ring substituents is 1. The Morgan fingerprint density at radius 3 is 2.48 bits per heavy atom. The standard InChI is InChI=1S/C21H18ClN3O5S/c1-30-20-11-24(12-21(27)23-15-4-6-16(7-5-15)25(28)29)17(10-19(20)26)13-31-18-8-2-14(22)3-9-18/h2-11H,12-13H2,1H3,(H,23,27). The number of carbonyl (C=O) groups excluding carboxylic acids is 1. The van der Waals surface area contributed by atoms with E-state index in [4.69, 9.17) is 16.3 Å². The maximum atomic E-state index is 12.5. The first-order valence-corrected chi connectivity index (χ1v) is 10.4. The number of hydrogen-bond donors (Lipinski definition) is 1. The number of pyridine rings is 1. The molecule has 1 amide bonds. The fourth-order valence-electron chi connectivity index (χ4n) is 2.73. The number of nitrogens with zero attached hydrogens (tertiary/aromatic N) is 2. The Morgan fingerprint density at radius 2 is 1.87 bits per heavy atom. The van der Waals surface area contributed by atoms with Crippen LogP contribution in [0.15, 0.2) is 70.5 Å². The highest BCUT2D eigenvalue weighted by atomic mass is 35.5.